The number of benzene rings is 2. The fourth-order valence-corrected chi connectivity index (χ4v) is 2.50. The van der Waals surface area contributed by atoms with Gasteiger partial charge in [0.05, 0.1) is 25.9 Å². The van der Waals surface area contributed by atoms with Crippen molar-refractivity contribution in [3.63, 3.8) is 0 Å². The van der Waals surface area contributed by atoms with E-state index in [1.54, 1.807) is 7.11 Å². The summed E-state index contributed by atoms with van der Waals surface area (Å²) >= 11 is 0. The third-order valence-electron chi connectivity index (χ3n) is 3.90. The molecular weight excluding hydrogens is 332 g/mol. The van der Waals surface area contributed by atoms with E-state index < -0.39 is 6.09 Å². The highest BCUT2D eigenvalue weighted by molar-refractivity contribution is 5.76. The lowest BCUT2D eigenvalue weighted by atomic mass is 10.2. The van der Waals surface area contributed by atoms with Crippen LogP contribution in [0.25, 0.3) is 0 Å². The fourth-order valence-electron chi connectivity index (χ4n) is 2.50. The van der Waals surface area contributed by atoms with Crippen molar-refractivity contribution >= 4 is 17.8 Å². The van der Waals surface area contributed by atoms with Crippen molar-refractivity contribution in [3.8, 4) is 0 Å². The first kappa shape index (κ1) is 17.6. The maximum absolute atomic E-state index is 11.8. The molecule has 1 amide bonds. The molecule has 2 N–H and O–H groups in total. The van der Waals surface area contributed by atoms with Crippen LogP contribution < -0.4 is 15.8 Å². The van der Waals surface area contributed by atoms with Crippen molar-refractivity contribution < 1.29 is 14.3 Å². The van der Waals surface area contributed by atoms with Crippen LogP contribution in [-0.4, -0.2) is 32.3 Å². The first-order chi connectivity index (χ1) is 12.7. The molecule has 2 aromatic carbocycles. The average Bonchev–Trinajstić information content (AvgIpc) is 2.72. The number of hydrazine groups is 1. The number of hydrogen-bond donors (Lipinski definition) is 2. The Labute approximate surface area is 152 Å². The van der Waals surface area contributed by atoms with Crippen LogP contribution in [0.5, 0.6) is 0 Å². The number of amidine groups is 1. The van der Waals surface area contributed by atoms with E-state index in [1.807, 2.05) is 59.6 Å². The minimum atomic E-state index is -0.434. The smallest absolute Gasteiger partial charge is 0.407 e. The zero-order chi connectivity index (χ0) is 18.2. The number of nitrogens with zero attached hydrogens (tertiary/aromatic N) is 2. The summed E-state index contributed by atoms with van der Waals surface area (Å²) in [6, 6.07) is 18.0. The molecule has 0 aliphatic carbocycles. The molecule has 0 bridgehead atoms. The normalized spacial score (nSPS) is 13.4. The van der Waals surface area contributed by atoms with Crippen molar-refractivity contribution in [2.24, 2.45) is 4.99 Å². The Balaban J connectivity index is 1.45. The van der Waals surface area contributed by atoms with Crippen LogP contribution in [0, 0.1) is 0 Å². The SMILES string of the molecule is COC1=NCCN(c2ccc(CNC(=O)OCc3ccccc3)cc2)N1. The molecule has 1 heterocycles. The summed E-state index contributed by atoms with van der Waals surface area (Å²) in [5.74, 6) is 0. The monoisotopic (exact) mass is 354 g/mol. The molecule has 1 aliphatic heterocycles. The Morgan fingerprint density at radius 2 is 1.92 bits per heavy atom. The number of nitrogens with one attached hydrogen (secondary N) is 2. The zero-order valence-electron chi connectivity index (χ0n) is 14.6. The summed E-state index contributed by atoms with van der Waals surface area (Å²) in [5, 5.41) is 4.72. The quantitative estimate of drug-likeness (QED) is 0.863. The first-order valence-corrected chi connectivity index (χ1v) is 8.41. The second-order valence-corrected chi connectivity index (χ2v) is 5.74. The minimum absolute atomic E-state index is 0.260. The Kier molecular flexibility index (Phi) is 5.92. The van der Waals surface area contributed by atoms with Crippen molar-refractivity contribution in [2.45, 2.75) is 13.2 Å². The van der Waals surface area contributed by atoms with E-state index in [9.17, 15) is 4.79 Å². The van der Waals surface area contributed by atoms with Gasteiger partial charge in [-0.1, -0.05) is 42.5 Å². The van der Waals surface area contributed by atoms with Crippen molar-refractivity contribution in [3.05, 3.63) is 65.7 Å². The zero-order valence-corrected chi connectivity index (χ0v) is 14.6. The molecule has 136 valence electrons. The third-order valence-corrected chi connectivity index (χ3v) is 3.90. The van der Waals surface area contributed by atoms with Crippen LogP contribution in [-0.2, 0) is 22.6 Å². The van der Waals surface area contributed by atoms with E-state index in [0.29, 0.717) is 19.1 Å². The lowest BCUT2D eigenvalue weighted by Gasteiger charge is -2.29. The Hall–Kier alpha value is -3.22. The topological polar surface area (TPSA) is 75.2 Å². The van der Waals surface area contributed by atoms with Gasteiger partial charge in [0.15, 0.2) is 0 Å². The van der Waals surface area contributed by atoms with E-state index in [2.05, 4.69) is 15.7 Å². The highest BCUT2D eigenvalue weighted by Crippen LogP contribution is 2.15. The standard InChI is InChI=1S/C19H22N4O3/c1-25-18-20-11-12-23(22-18)17-9-7-15(8-10-17)13-21-19(24)26-14-16-5-3-2-4-6-16/h2-10H,11-14H2,1H3,(H,20,22)(H,21,24). The molecule has 3 rings (SSSR count). The average molecular weight is 354 g/mol. The lowest BCUT2D eigenvalue weighted by molar-refractivity contribution is 0.139. The molecule has 0 spiro atoms. The van der Waals surface area contributed by atoms with Gasteiger partial charge in [-0.2, -0.15) is 0 Å². The molecule has 7 heteroatoms. The fraction of sp³-hybridized carbons (Fsp3) is 0.263. The van der Waals surface area contributed by atoms with E-state index in [-0.39, 0.29) is 6.61 Å². The van der Waals surface area contributed by atoms with Crippen LogP contribution in [0.2, 0.25) is 0 Å². The van der Waals surface area contributed by atoms with Crippen LogP contribution in [0.3, 0.4) is 0 Å². The number of rotatable bonds is 5. The molecule has 0 unspecified atom stereocenters. The highest BCUT2D eigenvalue weighted by atomic mass is 16.5. The van der Waals surface area contributed by atoms with Gasteiger partial charge >= 0.3 is 12.1 Å². The lowest BCUT2D eigenvalue weighted by Crippen LogP contribution is -2.48. The minimum Gasteiger partial charge on any atom is -0.467 e. The molecule has 1 aliphatic rings. The van der Waals surface area contributed by atoms with Gasteiger partial charge in [-0.3, -0.25) is 10.4 Å². The molecule has 26 heavy (non-hydrogen) atoms. The van der Waals surface area contributed by atoms with Gasteiger partial charge in [-0.05, 0) is 23.3 Å². The molecule has 0 saturated carbocycles. The summed E-state index contributed by atoms with van der Waals surface area (Å²) in [4.78, 5) is 16.0. The van der Waals surface area contributed by atoms with Gasteiger partial charge < -0.3 is 14.8 Å². The first-order valence-electron chi connectivity index (χ1n) is 8.41. The largest absolute Gasteiger partial charge is 0.467 e. The Morgan fingerprint density at radius 1 is 1.15 bits per heavy atom. The summed E-state index contributed by atoms with van der Waals surface area (Å²) in [5.41, 5.74) is 6.04. The molecule has 0 aromatic heterocycles. The number of anilines is 1. The third kappa shape index (κ3) is 4.89. The van der Waals surface area contributed by atoms with E-state index in [4.69, 9.17) is 9.47 Å². The number of methoxy groups -OCH3 is 1. The van der Waals surface area contributed by atoms with Crippen LogP contribution in [0.1, 0.15) is 11.1 Å². The number of hydrogen-bond acceptors (Lipinski definition) is 6. The maximum Gasteiger partial charge on any atom is 0.407 e. The molecule has 7 nitrogen and oxygen atoms in total. The summed E-state index contributed by atoms with van der Waals surface area (Å²) in [6.45, 7) is 2.10. The molecule has 0 saturated heterocycles. The number of carbonyl (C=O) groups excluding carboxylic acids is 1. The van der Waals surface area contributed by atoms with Crippen molar-refractivity contribution in [1.29, 1.82) is 0 Å². The molecule has 2 aromatic rings. The molecule has 0 radical (unpaired) electrons. The van der Waals surface area contributed by atoms with E-state index in [0.717, 1.165) is 23.4 Å². The number of ether oxygens (including phenoxy) is 2. The Bertz CT molecular complexity index is 747. The highest BCUT2D eigenvalue weighted by Gasteiger charge is 2.13. The molecular formula is C19H22N4O3. The van der Waals surface area contributed by atoms with Crippen LogP contribution in [0.4, 0.5) is 10.5 Å². The van der Waals surface area contributed by atoms with Crippen molar-refractivity contribution in [2.75, 3.05) is 25.2 Å². The number of alkyl carbamates (subject to hydrolysis) is 1. The van der Waals surface area contributed by atoms with Gasteiger partial charge in [-0.25, -0.2) is 9.79 Å². The van der Waals surface area contributed by atoms with Gasteiger partial charge in [-0.15, -0.1) is 0 Å². The second kappa shape index (κ2) is 8.75. The summed E-state index contributed by atoms with van der Waals surface area (Å²) in [6.07, 6.45) is -0.434. The van der Waals surface area contributed by atoms with Crippen molar-refractivity contribution in [1.82, 2.24) is 10.7 Å². The van der Waals surface area contributed by atoms with Gasteiger partial charge in [0.25, 0.3) is 0 Å². The van der Waals surface area contributed by atoms with Crippen LogP contribution >= 0.6 is 0 Å². The Morgan fingerprint density at radius 3 is 2.65 bits per heavy atom. The number of amides is 1. The van der Waals surface area contributed by atoms with Crippen LogP contribution in [0.15, 0.2) is 59.6 Å². The van der Waals surface area contributed by atoms with Gasteiger partial charge in [0.1, 0.15) is 6.61 Å². The van der Waals surface area contributed by atoms with Gasteiger partial charge in [0.2, 0.25) is 0 Å². The second-order valence-electron chi connectivity index (χ2n) is 5.74. The molecule has 0 fully saturated rings. The summed E-state index contributed by atoms with van der Waals surface area (Å²) < 4.78 is 10.3. The number of carbonyl (C=O) groups is 1. The van der Waals surface area contributed by atoms with Gasteiger partial charge in [0, 0.05) is 6.54 Å². The van der Waals surface area contributed by atoms with E-state index in [1.165, 1.54) is 0 Å². The maximum atomic E-state index is 11.8. The number of aliphatic imine (C=N–C) groups is 1. The predicted molar refractivity (Wildman–Crippen MR) is 99.7 cm³/mol. The van der Waals surface area contributed by atoms with E-state index >= 15 is 0 Å². The predicted octanol–water partition coefficient (Wildman–Crippen LogP) is 2.44. The summed E-state index contributed by atoms with van der Waals surface area (Å²) in [7, 11) is 1.58. The molecule has 0 atom stereocenters.